The van der Waals surface area contributed by atoms with Crippen LogP contribution in [-0.2, 0) is 0 Å². The van der Waals surface area contributed by atoms with Gasteiger partial charge in [0, 0.05) is 22.7 Å². The van der Waals surface area contributed by atoms with E-state index in [2.05, 4.69) is 35.5 Å². The van der Waals surface area contributed by atoms with Gasteiger partial charge in [-0.15, -0.1) is 0 Å². The number of allylic oxidation sites excluding steroid dienone is 2. The predicted molar refractivity (Wildman–Crippen MR) is 84.9 cm³/mol. The van der Waals surface area contributed by atoms with E-state index in [-0.39, 0.29) is 5.56 Å². The molecular formula is C17H16N2O2. The summed E-state index contributed by atoms with van der Waals surface area (Å²) in [6, 6.07) is 3.77. The van der Waals surface area contributed by atoms with Crippen LogP contribution in [0.1, 0.15) is 18.1 Å². The van der Waals surface area contributed by atoms with Crippen molar-refractivity contribution in [3.63, 3.8) is 0 Å². The number of hydrogen-bond acceptors (Lipinski definition) is 3. The van der Waals surface area contributed by atoms with Crippen LogP contribution in [0.3, 0.4) is 0 Å². The molecule has 2 aromatic rings. The van der Waals surface area contributed by atoms with E-state index in [1.807, 2.05) is 6.92 Å². The lowest BCUT2D eigenvalue weighted by Crippen LogP contribution is -2.34. The summed E-state index contributed by atoms with van der Waals surface area (Å²) in [4.78, 5) is 16.9. The SMILES string of the molecule is C=C1C=C(C)c2cc3c(C)cc(=O)[nH]c3c3c2N1CCO3. The first-order valence-electron chi connectivity index (χ1n) is 7.05. The van der Waals surface area contributed by atoms with Gasteiger partial charge in [-0.3, -0.25) is 4.79 Å². The van der Waals surface area contributed by atoms with Crippen LogP contribution in [0.4, 0.5) is 5.69 Å². The Hall–Kier alpha value is -2.49. The molecule has 0 atom stereocenters. The van der Waals surface area contributed by atoms with Gasteiger partial charge in [0.1, 0.15) is 6.61 Å². The average molecular weight is 280 g/mol. The molecule has 0 spiro atoms. The number of hydrogen-bond donors (Lipinski definition) is 1. The van der Waals surface area contributed by atoms with Crippen molar-refractivity contribution < 1.29 is 4.74 Å². The first kappa shape index (κ1) is 12.3. The van der Waals surface area contributed by atoms with E-state index >= 15 is 0 Å². The second-order valence-corrected chi connectivity index (χ2v) is 5.66. The molecule has 3 heterocycles. The molecule has 0 amide bonds. The van der Waals surface area contributed by atoms with Crippen molar-refractivity contribution in [1.29, 1.82) is 0 Å². The van der Waals surface area contributed by atoms with E-state index in [0.29, 0.717) is 6.61 Å². The Morgan fingerprint density at radius 1 is 1.33 bits per heavy atom. The highest BCUT2D eigenvalue weighted by Gasteiger charge is 2.29. The third-order valence-corrected chi connectivity index (χ3v) is 4.26. The maximum absolute atomic E-state index is 11.8. The summed E-state index contributed by atoms with van der Waals surface area (Å²) in [5.41, 5.74) is 5.97. The number of nitrogens with zero attached hydrogens (tertiary/aromatic N) is 1. The van der Waals surface area contributed by atoms with Crippen LogP contribution >= 0.6 is 0 Å². The summed E-state index contributed by atoms with van der Waals surface area (Å²) in [6.07, 6.45) is 2.10. The van der Waals surface area contributed by atoms with Crippen LogP contribution in [0.15, 0.2) is 35.3 Å². The molecule has 1 N–H and O–H groups in total. The molecule has 2 aliphatic heterocycles. The van der Waals surface area contributed by atoms with E-state index in [0.717, 1.165) is 45.7 Å². The van der Waals surface area contributed by atoms with Crippen LogP contribution in [0.25, 0.3) is 16.5 Å². The zero-order valence-corrected chi connectivity index (χ0v) is 12.1. The number of nitrogens with one attached hydrogen (secondary N) is 1. The number of ether oxygens (including phenoxy) is 1. The Morgan fingerprint density at radius 2 is 2.14 bits per heavy atom. The fraction of sp³-hybridized carbons (Fsp3) is 0.235. The average Bonchev–Trinajstić information content (AvgIpc) is 2.44. The van der Waals surface area contributed by atoms with Gasteiger partial charge in [0.25, 0.3) is 0 Å². The first-order valence-corrected chi connectivity index (χ1v) is 7.05. The fourth-order valence-electron chi connectivity index (χ4n) is 3.27. The van der Waals surface area contributed by atoms with Gasteiger partial charge in [-0.1, -0.05) is 6.58 Å². The molecular weight excluding hydrogens is 264 g/mol. The minimum atomic E-state index is -0.0983. The Kier molecular flexibility index (Phi) is 2.34. The molecule has 1 aromatic carbocycles. The van der Waals surface area contributed by atoms with Crippen molar-refractivity contribution in [1.82, 2.24) is 4.98 Å². The summed E-state index contributed by atoms with van der Waals surface area (Å²) < 4.78 is 5.91. The van der Waals surface area contributed by atoms with Gasteiger partial charge in [0.2, 0.25) is 5.56 Å². The largest absolute Gasteiger partial charge is 0.487 e. The van der Waals surface area contributed by atoms with Gasteiger partial charge in [-0.05, 0) is 37.1 Å². The summed E-state index contributed by atoms with van der Waals surface area (Å²) in [6.45, 7) is 9.54. The molecule has 106 valence electrons. The molecule has 4 heteroatoms. The van der Waals surface area contributed by atoms with Crippen LogP contribution < -0.4 is 15.2 Å². The van der Waals surface area contributed by atoms with Crippen molar-refractivity contribution in [2.45, 2.75) is 13.8 Å². The predicted octanol–water partition coefficient (Wildman–Crippen LogP) is 2.97. The lowest BCUT2D eigenvalue weighted by atomic mass is 9.94. The molecule has 4 nitrogen and oxygen atoms in total. The molecule has 4 rings (SSSR count). The number of aryl methyl sites for hydroxylation is 1. The van der Waals surface area contributed by atoms with Crippen LogP contribution in [0.5, 0.6) is 5.75 Å². The highest BCUT2D eigenvalue weighted by molar-refractivity contribution is 6.00. The number of H-pyrrole nitrogens is 1. The molecule has 21 heavy (non-hydrogen) atoms. The smallest absolute Gasteiger partial charge is 0.248 e. The number of benzene rings is 1. The highest BCUT2D eigenvalue weighted by Crippen LogP contribution is 2.47. The number of aromatic amines is 1. The van der Waals surface area contributed by atoms with Crippen molar-refractivity contribution in [2.24, 2.45) is 0 Å². The number of anilines is 1. The van der Waals surface area contributed by atoms with E-state index in [9.17, 15) is 4.79 Å². The van der Waals surface area contributed by atoms with Crippen LogP contribution in [0.2, 0.25) is 0 Å². The van der Waals surface area contributed by atoms with Crippen LogP contribution in [-0.4, -0.2) is 18.1 Å². The summed E-state index contributed by atoms with van der Waals surface area (Å²) in [7, 11) is 0. The molecule has 0 bridgehead atoms. The van der Waals surface area contributed by atoms with Gasteiger partial charge in [-0.25, -0.2) is 0 Å². The molecule has 0 saturated heterocycles. The Labute approximate surface area is 122 Å². The van der Waals surface area contributed by atoms with Gasteiger partial charge in [0.15, 0.2) is 5.75 Å². The van der Waals surface area contributed by atoms with Crippen molar-refractivity contribution in [3.8, 4) is 5.75 Å². The van der Waals surface area contributed by atoms with Gasteiger partial charge in [-0.2, -0.15) is 0 Å². The summed E-state index contributed by atoms with van der Waals surface area (Å²) in [5.74, 6) is 0.767. The molecule has 0 aliphatic carbocycles. The second-order valence-electron chi connectivity index (χ2n) is 5.66. The molecule has 0 radical (unpaired) electrons. The van der Waals surface area contributed by atoms with Gasteiger partial charge >= 0.3 is 0 Å². The third kappa shape index (κ3) is 1.59. The molecule has 0 fully saturated rings. The zero-order chi connectivity index (χ0) is 14.7. The molecule has 1 aromatic heterocycles. The lowest BCUT2D eigenvalue weighted by Gasteiger charge is -2.37. The standard InChI is InChI=1S/C17H16N2O2/c1-9-6-11(3)19-4-5-21-17-15-12(8-13(9)16(17)19)10(2)7-14(20)18-15/h6-8H,3-5H2,1-2H3,(H,18,20). The van der Waals surface area contributed by atoms with Gasteiger partial charge < -0.3 is 14.6 Å². The Balaban J connectivity index is 2.20. The van der Waals surface area contributed by atoms with Crippen molar-refractivity contribution in [2.75, 3.05) is 18.1 Å². The number of rotatable bonds is 0. The number of pyridine rings is 1. The van der Waals surface area contributed by atoms with E-state index in [1.54, 1.807) is 6.07 Å². The van der Waals surface area contributed by atoms with Crippen molar-refractivity contribution in [3.05, 3.63) is 52.0 Å². The minimum absolute atomic E-state index is 0.0983. The molecule has 0 saturated carbocycles. The quantitative estimate of drug-likeness (QED) is 0.807. The maximum Gasteiger partial charge on any atom is 0.248 e. The lowest BCUT2D eigenvalue weighted by molar-refractivity contribution is 0.315. The highest BCUT2D eigenvalue weighted by atomic mass is 16.5. The monoisotopic (exact) mass is 280 g/mol. The Morgan fingerprint density at radius 3 is 2.95 bits per heavy atom. The third-order valence-electron chi connectivity index (χ3n) is 4.26. The maximum atomic E-state index is 11.8. The van der Waals surface area contributed by atoms with Gasteiger partial charge in [0.05, 0.1) is 17.7 Å². The molecule has 0 unspecified atom stereocenters. The summed E-state index contributed by atoms with van der Waals surface area (Å²) in [5, 5.41) is 1.03. The van der Waals surface area contributed by atoms with E-state index in [4.69, 9.17) is 4.74 Å². The summed E-state index contributed by atoms with van der Waals surface area (Å²) >= 11 is 0. The zero-order valence-electron chi connectivity index (χ0n) is 12.1. The number of fused-ring (bicyclic) bond motifs is 2. The van der Waals surface area contributed by atoms with Crippen molar-refractivity contribution >= 4 is 22.2 Å². The molecule has 2 aliphatic rings. The van der Waals surface area contributed by atoms with E-state index in [1.165, 1.54) is 5.57 Å². The topological polar surface area (TPSA) is 45.3 Å². The minimum Gasteiger partial charge on any atom is -0.487 e. The first-order chi connectivity index (χ1) is 10.1. The normalized spacial score (nSPS) is 16.6. The van der Waals surface area contributed by atoms with Crippen LogP contribution in [0, 0.1) is 6.92 Å². The second kappa shape index (κ2) is 4.01. The Bertz CT molecular complexity index is 890. The number of aromatic nitrogens is 1. The van der Waals surface area contributed by atoms with E-state index < -0.39 is 0 Å². The fourth-order valence-corrected chi connectivity index (χ4v) is 3.27.